The standard InChI is InChI=1S/C21H20ClN3O2S/c1-12-16(22)7-5-9-17(12)23-19(26)13(2)28-21-24-18-8-4-3-6-15(18)20(27)25(21)14-10-11-14/h3-9,13-14H,10-11H2,1-2H3,(H,23,26)/t13-/m0/s1. The molecule has 1 fully saturated rings. The lowest BCUT2D eigenvalue weighted by atomic mass is 10.2. The molecule has 1 saturated carbocycles. The highest BCUT2D eigenvalue weighted by Crippen LogP contribution is 2.37. The van der Waals surface area contributed by atoms with E-state index in [1.54, 1.807) is 22.8 Å². The SMILES string of the molecule is Cc1c(Cl)cccc1NC(=O)[C@H](C)Sc1nc2ccccc2c(=O)n1C1CC1. The van der Waals surface area contributed by atoms with Gasteiger partial charge < -0.3 is 5.32 Å². The molecule has 1 N–H and O–H groups in total. The van der Waals surface area contributed by atoms with Gasteiger partial charge in [0.25, 0.3) is 5.56 Å². The van der Waals surface area contributed by atoms with E-state index in [-0.39, 0.29) is 17.5 Å². The van der Waals surface area contributed by atoms with Crippen molar-refractivity contribution in [2.45, 2.75) is 43.1 Å². The van der Waals surface area contributed by atoms with Crippen LogP contribution < -0.4 is 10.9 Å². The Hall–Kier alpha value is -2.31. The number of carbonyl (C=O) groups excluding carboxylic acids is 1. The number of anilines is 1. The first kappa shape index (κ1) is 19.0. The van der Waals surface area contributed by atoms with Crippen LogP contribution in [0.4, 0.5) is 5.69 Å². The van der Waals surface area contributed by atoms with Gasteiger partial charge in [-0.1, -0.05) is 41.6 Å². The number of carbonyl (C=O) groups is 1. The quantitative estimate of drug-likeness (QED) is 0.481. The Morgan fingerprint density at radius 1 is 1.25 bits per heavy atom. The van der Waals surface area contributed by atoms with Crippen molar-refractivity contribution in [3.63, 3.8) is 0 Å². The molecule has 1 atom stereocenters. The van der Waals surface area contributed by atoms with Crippen molar-refractivity contribution in [3.8, 4) is 0 Å². The highest BCUT2D eigenvalue weighted by atomic mass is 35.5. The minimum absolute atomic E-state index is 0.0334. The monoisotopic (exact) mass is 413 g/mol. The molecule has 1 aliphatic carbocycles. The smallest absolute Gasteiger partial charge is 0.262 e. The number of benzene rings is 2. The molecule has 1 aliphatic rings. The van der Waals surface area contributed by atoms with E-state index in [0.29, 0.717) is 26.8 Å². The fourth-order valence-corrected chi connectivity index (χ4v) is 4.21. The van der Waals surface area contributed by atoms with E-state index in [4.69, 9.17) is 11.6 Å². The molecule has 1 aromatic heterocycles. The molecule has 7 heteroatoms. The highest BCUT2D eigenvalue weighted by Gasteiger charge is 2.30. The van der Waals surface area contributed by atoms with Crippen LogP contribution in [-0.2, 0) is 4.79 Å². The van der Waals surface area contributed by atoms with E-state index >= 15 is 0 Å². The van der Waals surface area contributed by atoms with Crippen molar-refractivity contribution in [2.75, 3.05) is 5.32 Å². The number of rotatable bonds is 5. The highest BCUT2D eigenvalue weighted by molar-refractivity contribution is 8.00. The van der Waals surface area contributed by atoms with E-state index in [0.717, 1.165) is 18.4 Å². The van der Waals surface area contributed by atoms with E-state index in [9.17, 15) is 9.59 Å². The fraction of sp³-hybridized carbons (Fsp3) is 0.286. The molecule has 0 radical (unpaired) electrons. The number of amides is 1. The summed E-state index contributed by atoms with van der Waals surface area (Å²) in [6, 6.07) is 12.9. The average Bonchev–Trinajstić information content (AvgIpc) is 3.50. The zero-order valence-corrected chi connectivity index (χ0v) is 17.2. The van der Waals surface area contributed by atoms with Gasteiger partial charge in [0.05, 0.1) is 16.2 Å². The summed E-state index contributed by atoms with van der Waals surface area (Å²) in [4.78, 5) is 30.4. The summed E-state index contributed by atoms with van der Waals surface area (Å²) in [5, 5.41) is 4.33. The third-order valence-corrected chi connectivity index (χ3v) is 6.34. The minimum Gasteiger partial charge on any atom is -0.325 e. The van der Waals surface area contributed by atoms with Crippen LogP contribution in [0.3, 0.4) is 0 Å². The van der Waals surface area contributed by atoms with Crippen LogP contribution in [0, 0.1) is 6.92 Å². The number of hydrogen-bond donors (Lipinski definition) is 1. The van der Waals surface area contributed by atoms with E-state index < -0.39 is 5.25 Å². The van der Waals surface area contributed by atoms with Gasteiger partial charge >= 0.3 is 0 Å². The van der Waals surface area contributed by atoms with Crippen LogP contribution in [-0.4, -0.2) is 20.7 Å². The summed E-state index contributed by atoms with van der Waals surface area (Å²) in [7, 11) is 0. The van der Waals surface area contributed by atoms with E-state index in [2.05, 4.69) is 10.3 Å². The molecule has 4 rings (SSSR count). The molecule has 5 nitrogen and oxygen atoms in total. The van der Waals surface area contributed by atoms with Crippen molar-refractivity contribution < 1.29 is 4.79 Å². The lowest BCUT2D eigenvalue weighted by Gasteiger charge is -2.17. The number of nitrogens with one attached hydrogen (secondary N) is 1. The van der Waals surface area contributed by atoms with Gasteiger partial charge in [0.2, 0.25) is 5.91 Å². The maximum atomic E-state index is 12.9. The summed E-state index contributed by atoms with van der Waals surface area (Å²) in [5.74, 6) is -0.153. The minimum atomic E-state index is -0.420. The Morgan fingerprint density at radius 2 is 2.00 bits per heavy atom. The van der Waals surface area contributed by atoms with Crippen molar-refractivity contribution in [3.05, 3.63) is 63.4 Å². The molecule has 0 saturated heterocycles. The molecule has 0 aliphatic heterocycles. The Kier molecular flexibility index (Phi) is 5.17. The number of para-hydroxylation sites is 1. The maximum absolute atomic E-state index is 12.9. The molecule has 0 bridgehead atoms. The van der Waals surface area contributed by atoms with Crippen LogP contribution in [0.25, 0.3) is 10.9 Å². The largest absolute Gasteiger partial charge is 0.325 e. The van der Waals surface area contributed by atoms with Crippen LogP contribution in [0.2, 0.25) is 5.02 Å². The summed E-state index contributed by atoms with van der Waals surface area (Å²) in [6.45, 7) is 3.68. The van der Waals surface area contributed by atoms with Gasteiger partial charge in [0, 0.05) is 16.8 Å². The van der Waals surface area contributed by atoms with Gasteiger partial charge in [0.15, 0.2) is 5.16 Å². The summed E-state index contributed by atoms with van der Waals surface area (Å²) in [6.07, 6.45) is 1.94. The van der Waals surface area contributed by atoms with Gasteiger partial charge in [-0.15, -0.1) is 0 Å². The van der Waals surface area contributed by atoms with Crippen molar-refractivity contribution in [2.24, 2.45) is 0 Å². The predicted octanol–water partition coefficient (Wildman–Crippen LogP) is 4.81. The number of hydrogen-bond acceptors (Lipinski definition) is 4. The number of fused-ring (bicyclic) bond motifs is 1. The van der Waals surface area contributed by atoms with Gasteiger partial charge in [-0.05, 0) is 56.5 Å². The molecule has 0 unspecified atom stereocenters. The van der Waals surface area contributed by atoms with Crippen LogP contribution in [0.1, 0.15) is 31.4 Å². The lowest BCUT2D eigenvalue weighted by molar-refractivity contribution is -0.115. The molecular weight excluding hydrogens is 394 g/mol. The molecule has 1 amide bonds. The molecule has 2 aromatic carbocycles. The predicted molar refractivity (Wildman–Crippen MR) is 114 cm³/mol. The van der Waals surface area contributed by atoms with Crippen LogP contribution >= 0.6 is 23.4 Å². The Morgan fingerprint density at radius 3 is 2.75 bits per heavy atom. The Bertz CT molecular complexity index is 1120. The van der Waals surface area contributed by atoms with Crippen molar-refractivity contribution in [1.29, 1.82) is 0 Å². The second-order valence-electron chi connectivity index (χ2n) is 6.98. The Balaban J connectivity index is 1.62. The van der Waals surface area contributed by atoms with E-state index in [1.807, 2.05) is 38.1 Å². The maximum Gasteiger partial charge on any atom is 0.262 e. The van der Waals surface area contributed by atoms with E-state index in [1.165, 1.54) is 11.8 Å². The molecular formula is C21H20ClN3O2S. The second-order valence-corrected chi connectivity index (χ2v) is 8.69. The average molecular weight is 414 g/mol. The van der Waals surface area contributed by atoms with Crippen molar-refractivity contribution in [1.82, 2.24) is 9.55 Å². The third kappa shape index (κ3) is 3.66. The molecule has 144 valence electrons. The lowest BCUT2D eigenvalue weighted by Crippen LogP contribution is -2.26. The molecule has 28 heavy (non-hydrogen) atoms. The first-order valence-electron chi connectivity index (χ1n) is 9.19. The van der Waals surface area contributed by atoms with Gasteiger partial charge in [-0.3, -0.25) is 14.2 Å². The first-order valence-corrected chi connectivity index (χ1v) is 10.5. The zero-order chi connectivity index (χ0) is 19.8. The third-order valence-electron chi connectivity index (χ3n) is 4.86. The zero-order valence-electron chi connectivity index (χ0n) is 15.6. The Labute approximate surface area is 172 Å². The summed E-state index contributed by atoms with van der Waals surface area (Å²) >= 11 is 7.45. The molecule has 0 spiro atoms. The molecule has 1 heterocycles. The first-order chi connectivity index (χ1) is 13.5. The second kappa shape index (κ2) is 7.60. The number of aromatic nitrogens is 2. The molecule has 3 aromatic rings. The van der Waals surface area contributed by atoms with Gasteiger partial charge in [-0.25, -0.2) is 4.98 Å². The summed E-state index contributed by atoms with van der Waals surface area (Å²) < 4.78 is 1.75. The van der Waals surface area contributed by atoms with Gasteiger partial charge in [0.1, 0.15) is 0 Å². The number of thioether (sulfide) groups is 1. The van der Waals surface area contributed by atoms with Crippen molar-refractivity contribution >= 4 is 45.9 Å². The number of halogens is 1. The fourth-order valence-electron chi connectivity index (χ4n) is 3.05. The number of nitrogens with zero attached hydrogens (tertiary/aromatic N) is 2. The van der Waals surface area contributed by atoms with Gasteiger partial charge in [-0.2, -0.15) is 0 Å². The topological polar surface area (TPSA) is 64.0 Å². The van der Waals surface area contributed by atoms with Crippen LogP contribution in [0.5, 0.6) is 0 Å². The normalized spacial score (nSPS) is 14.8. The van der Waals surface area contributed by atoms with Crippen LogP contribution in [0.15, 0.2) is 52.4 Å². The summed E-state index contributed by atoms with van der Waals surface area (Å²) in [5.41, 5.74) is 2.14.